The molecule has 0 spiro atoms. The molecular formula is C23H18N2O6S. The summed E-state index contributed by atoms with van der Waals surface area (Å²) in [5.74, 6) is 0.206. The maximum atomic E-state index is 11.5. The predicted octanol–water partition coefficient (Wildman–Crippen LogP) is 3.93. The number of sulfonamides is 1. The summed E-state index contributed by atoms with van der Waals surface area (Å²) in [6, 6.07) is 21.4. The Labute approximate surface area is 184 Å². The van der Waals surface area contributed by atoms with E-state index < -0.39 is 16.0 Å². The van der Waals surface area contributed by atoms with Crippen LogP contribution in [0.1, 0.15) is 16.2 Å². The van der Waals surface area contributed by atoms with Crippen LogP contribution in [0.3, 0.4) is 0 Å². The molecule has 0 atom stereocenters. The Morgan fingerprint density at radius 1 is 0.938 bits per heavy atom. The van der Waals surface area contributed by atoms with Crippen LogP contribution in [0.25, 0.3) is 22.6 Å². The van der Waals surface area contributed by atoms with Crippen molar-refractivity contribution in [1.82, 2.24) is 4.98 Å². The third-order valence-electron chi connectivity index (χ3n) is 4.63. The van der Waals surface area contributed by atoms with E-state index in [0.717, 1.165) is 5.56 Å². The van der Waals surface area contributed by atoms with Gasteiger partial charge in [0.2, 0.25) is 15.9 Å². The van der Waals surface area contributed by atoms with Gasteiger partial charge < -0.3 is 14.3 Å². The number of primary sulfonamides is 1. The summed E-state index contributed by atoms with van der Waals surface area (Å²) >= 11 is 0. The predicted molar refractivity (Wildman–Crippen MR) is 116 cm³/mol. The van der Waals surface area contributed by atoms with E-state index >= 15 is 0 Å². The van der Waals surface area contributed by atoms with Gasteiger partial charge in [-0.25, -0.2) is 23.3 Å². The number of aromatic carboxylic acids is 1. The first-order valence-corrected chi connectivity index (χ1v) is 11.0. The summed E-state index contributed by atoms with van der Waals surface area (Å²) in [6.45, 7) is 0.0154. The van der Waals surface area contributed by atoms with Gasteiger partial charge in [-0.05, 0) is 48.5 Å². The molecule has 0 aliphatic carbocycles. The Kier molecular flexibility index (Phi) is 5.76. The van der Waals surface area contributed by atoms with Crippen molar-refractivity contribution in [3.05, 3.63) is 90.3 Å². The van der Waals surface area contributed by atoms with Crippen molar-refractivity contribution < 1.29 is 27.5 Å². The number of rotatable bonds is 7. The van der Waals surface area contributed by atoms with Crippen LogP contribution < -0.4 is 9.88 Å². The van der Waals surface area contributed by atoms with E-state index in [-0.39, 0.29) is 17.1 Å². The minimum Gasteiger partial charge on any atom is -0.484 e. The molecule has 8 nitrogen and oxygen atoms in total. The molecule has 0 unspecified atom stereocenters. The first kappa shape index (κ1) is 21.3. The van der Waals surface area contributed by atoms with E-state index in [0.29, 0.717) is 28.7 Å². The zero-order valence-corrected chi connectivity index (χ0v) is 17.5. The van der Waals surface area contributed by atoms with E-state index in [1.807, 2.05) is 30.3 Å². The topological polar surface area (TPSA) is 133 Å². The first-order valence-electron chi connectivity index (χ1n) is 9.46. The van der Waals surface area contributed by atoms with E-state index in [1.165, 1.54) is 24.3 Å². The minimum atomic E-state index is -3.81. The number of carbonyl (C=O) groups is 1. The number of nitrogens with two attached hydrogens (primary N) is 1. The highest BCUT2D eigenvalue weighted by Gasteiger charge is 2.18. The van der Waals surface area contributed by atoms with Gasteiger partial charge in [-0.15, -0.1) is 0 Å². The third-order valence-corrected chi connectivity index (χ3v) is 5.56. The number of carboxylic acids is 1. The molecule has 0 radical (unpaired) electrons. The van der Waals surface area contributed by atoms with Gasteiger partial charge in [0.25, 0.3) is 0 Å². The van der Waals surface area contributed by atoms with E-state index in [9.17, 15) is 13.2 Å². The van der Waals surface area contributed by atoms with Crippen molar-refractivity contribution in [2.45, 2.75) is 11.5 Å². The molecule has 9 heteroatoms. The van der Waals surface area contributed by atoms with Gasteiger partial charge in [0.15, 0.2) is 12.4 Å². The van der Waals surface area contributed by atoms with Crippen LogP contribution in [-0.4, -0.2) is 24.5 Å². The lowest BCUT2D eigenvalue weighted by Crippen LogP contribution is -2.11. The minimum absolute atomic E-state index is 0.00427. The summed E-state index contributed by atoms with van der Waals surface area (Å²) in [4.78, 5) is 15.5. The van der Waals surface area contributed by atoms with Crippen LogP contribution in [0.2, 0.25) is 0 Å². The van der Waals surface area contributed by atoms with Crippen LogP contribution in [-0.2, 0) is 16.6 Å². The van der Waals surface area contributed by atoms with Crippen molar-refractivity contribution in [3.8, 4) is 28.3 Å². The van der Waals surface area contributed by atoms with Crippen LogP contribution >= 0.6 is 0 Å². The number of aromatic nitrogens is 1. The molecule has 162 valence electrons. The highest BCUT2D eigenvalue weighted by atomic mass is 32.2. The Bertz CT molecular complexity index is 1350. The largest absolute Gasteiger partial charge is 0.484 e. The average molecular weight is 450 g/mol. The fourth-order valence-corrected chi connectivity index (χ4v) is 3.56. The van der Waals surface area contributed by atoms with Crippen molar-refractivity contribution in [3.63, 3.8) is 0 Å². The molecule has 0 saturated heterocycles. The fourth-order valence-electron chi connectivity index (χ4n) is 3.05. The zero-order chi connectivity index (χ0) is 22.7. The molecule has 0 amide bonds. The molecule has 4 aromatic rings. The van der Waals surface area contributed by atoms with E-state index in [1.54, 1.807) is 24.3 Å². The maximum Gasteiger partial charge on any atom is 0.335 e. The Morgan fingerprint density at radius 3 is 2.19 bits per heavy atom. The molecular weight excluding hydrogens is 432 g/mol. The monoisotopic (exact) mass is 450 g/mol. The summed E-state index contributed by atoms with van der Waals surface area (Å²) in [6.07, 6.45) is 0. The number of carboxylic acid groups (broad SMARTS) is 1. The molecule has 0 aliphatic heterocycles. The third kappa shape index (κ3) is 4.69. The van der Waals surface area contributed by atoms with Crippen molar-refractivity contribution in [2.24, 2.45) is 5.14 Å². The Morgan fingerprint density at radius 2 is 1.59 bits per heavy atom. The smallest absolute Gasteiger partial charge is 0.335 e. The normalized spacial score (nSPS) is 11.3. The molecule has 0 aliphatic rings. The standard InChI is InChI=1S/C23H18N2O6S/c24-32(28,29)19-12-8-16(9-13-19)22-21(15-4-2-1-3-5-15)25-20(31-22)14-30-18-10-6-17(7-11-18)23(26)27/h1-13H,14H2,(H,26,27)(H2,24,28,29). The van der Waals surface area contributed by atoms with Gasteiger partial charge in [0.1, 0.15) is 11.4 Å². The molecule has 0 saturated carbocycles. The lowest BCUT2D eigenvalue weighted by atomic mass is 10.1. The molecule has 0 fully saturated rings. The summed E-state index contributed by atoms with van der Waals surface area (Å²) in [5, 5.41) is 14.2. The number of hydrogen-bond acceptors (Lipinski definition) is 6. The molecule has 0 bridgehead atoms. The second kappa shape index (κ2) is 8.66. The molecule has 1 aromatic heterocycles. The van der Waals surface area contributed by atoms with Crippen molar-refractivity contribution in [2.75, 3.05) is 0 Å². The number of ether oxygens (including phenoxy) is 1. The lowest BCUT2D eigenvalue weighted by Gasteiger charge is -2.04. The van der Waals surface area contributed by atoms with Gasteiger partial charge in [0, 0.05) is 11.1 Å². The number of oxazole rings is 1. The van der Waals surface area contributed by atoms with Crippen LogP contribution in [0.5, 0.6) is 5.75 Å². The fraction of sp³-hybridized carbons (Fsp3) is 0.0435. The van der Waals surface area contributed by atoms with Crippen molar-refractivity contribution >= 4 is 16.0 Å². The zero-order valence-electron chi connectivity index (χ0n) is 16.6. The quantitative estimate of drug-likeness (QED) is 0.436. The van der Waals surface area contributed by atoms with Gasteiger partial charge >= 0.3 is 5.97 Å². The number of benzene rings is 3. The first-order chi connectivity index (χ1) is 15.3. The molecule has 3 aromatic carbocycles. The summed E-state index contributed by atoms with van der Waals surface area (Å²) in [5.41, 5.74) is 2.18. The Hall–Kier alpha value is -3.95. The van der Waals surface area contributed by atoms with E-state index in [2.05, 4.69) is 4.98 Å². The Balaban J connectivity index is 1.64. The second-order valence-electron chi connectivity index (χ2n) is 6.84. The maximum absolute atomic E-state index is 11.5. The lowest BCUT2D eigenvalue weighted by molar-refractivity contribution is 0.0696. The van der Waals surface area contributed by atoms with Gasteiger partial charge in [-0.2, -0.15) is 0 Å². The highest BCUT2D eigenvalue weighted by molar-refractivity contribution is 7.89. The van der Waals surface area contributed by atoms with Gasteiger partial charge in [-0.1, -0.05) is 30.3 Å². The van der Waals surface area contributed by atoms with Gasteiger partial charge in [-0.3, -0.25) is 0 Å². The molecule has 3 N–H and O–H groups in total. The van der Waals surface area contributed by atoms with Crippen LogP contribution in [0.4, 0.5) is 0 Å². The van der Waals surface area contributed by atoms with Crippen molar-refractivity contribution in [1.29, 1.82) is 0 Å². The SMILES string of the molecule is NS(=O)(=O)c1ccc(-c2oc(COc3ccc(C(=O)O)cc3)nc2-c2ccccc2)cc1. The number of nitrogens with zero attached hydrogens (tertiary/aromatic N) is 1. The van der Waals surface area contributed by atoms with Gasteiger partial charge in [0.05, 0.1) is 10.5 Å². The molecule has 32 heavy (non-hydrogen) atoms. The average Bonchev–Trinajstić information content (AvgIpc) is 3.22. The van der Waals surface area contributed by atoms with Crippen LogP contribution in [0.15, 0.2) is 88.2 Å². The second-order valence-corrected chi connectivity index (χ2v) is 8.40. The van der Waals surface area contributed by atoms with E-state index in [4.69, 9.17) is 19.4 Å². The highest BCUT2D eigenvalue weighted by Crippen LogP contribution is 2.33. The summed E-state index contributed by atoms with van der Waals surface area (Å²) in [7, 11) is -3.81. The van der Waals surface area contributed by atoms with Crippen LogP contribution in [0, 0.1) is 0 Å². The number of hydrogen-bond donors (Lipinski definition) is 2. The summed E-state index contributed by atoms with van der Waals surface area (Å²) < 4.78 is 34.7. The molecule has 4 rings (SSSR count). The molecule has 1 heterocycles.